The number of rotatable bonds is 4. The number of anilines is 1. The minimum absolute atomic E-state index is 0.196. The van der Waals surface area contributed by atoms with Crippen molar-refractivity contribution in [2.45, 2.75) is 47.1 Å². The molecule has 0 amide bonds. The summed E-state index contributed by atoms with van der Waals surface area (Å²) in [6.45, 7) is 11.2. The maximum atomic E-state index is 12.3. The molecule has 0 radical (unpaired) electrons. The molecule has 0 atom stereocenters. The molecule has 1 aromatic carbocycles. The van der Waals surface area contributed by atoms with Crippen molar-refractivity contribution < 1.29 is 19.4 Å². The number of aryl methyl sites for hydroxylation is 1. The minimum atomic E-state index is -1.01. The van der Waals surface area contributed by atoms with Gasteiger partial charge in [-0.15, -0.1) is 0 Å². The van der Waals surface area contributed by atoms with E-state index < -0.39 is 17.5 Å². The zero-order chi connectivity index (χ0) is 16.4. The van der Waals surface area contributed by atoms with E-state index in [4.69, 9.17) is 4.74 Å². The Balaban J connectivity index is 3.43. The molecule has 0 aliphatic heterocycles. The van der Waals surface area contributed by atoms with Crippen molar-refractivity contribution in [2.75, 3.05) is 11.9 Å². The van der Waals surface area contributed by atoms with Gasteiger partial charge in [0.1, 0.15) is 5.60 Å². The van der Waals surface area contributed by atoms with E-state index in [0.29, 0.717) is 28.9 Å². The lowest BCUT2D eigenvalue weighted by molar-refractivity contribution is 0.00683. The van der Waals surface area contributed by atoms with Crippen LogP contribution in [0.2, 0.25) is 0 Å². The molecule has 0 unspecified atom stereocenters. The predicted octanol–water partition coefficient (Wildman–Crippen LogP) is 3.39. The molecule has 0 saturated heterocycles. The van der Waals surface area contributed by atoms with E-state index in [1.807, 2.05) is 6.92 Å². The lowest BCUT2D eigenvalue weighted by Gasteiger charge is -2.22. The second-order valence-electron chi connectivity index (χ2n) is 5.95. The number of hydrogen-bond donors (Lipinski definition) is 2. The van der Waals surface area contributed by atoms with Crippen molar-refractivity contribution in [1.82, 2.24) is 0 Å². The molecule has 116 valence electrons. The Hall–Kier alpha value is -2.04. The Bertz CT molecular complexity index is 571. The summed E-state index contributed by atoms with van der Waals surface area (Å²) in [6.07, 6.45) is 0. The highest BCUT2D eigenvalue weighted by Crippen LogP contribution is 2.29. The Morgan fingerprint density at radius 1 is 1.29 bits per heavy atom. The van der Waals surface area contributed by atoms with Crippen molar-refractivity contribution in [3.63, 3.8) is 0 Å². The van der Waals surface area contributed by atoms with Gasteiger partial charge < -0.3 is 15.2 Å². The minimum Gasteiger partial charge on any atom is -0.478 e. The first kappa shape index (κ1) is 17.0. The third-order valence-electron chi connectivity index (χ3n) is 2.97. The summed E-state index contributed by atoms with van der Waals surface area (Å²) in [5.74, 6) is -1.46. The van der Waals surface area contributed by atoms with Crippen LogP contribution in [-0.4, -0.2) is 29.2 Å². The van der Waals surface area contributed by atoms with Crippen molar-refractivity contribution in [1.29, 1.82) is 0 Å². The molecule has 0 aliphatic rings. The summed E-state index contributed by atoms with van der Waals surface area (Å²) in [7, 11) is 0. The summed E-state index contributed by atoms with van der Waals surface area (Å²) >= 11 is 0. The second-order valence-corrected chi connectivity index (χ2v) is 5.95. The normalized spacial score (nSPS) is 11.1. The van der Waals surface area contributed by atoms with E-state index in [0.717, 1.165) is 0 Å². The molecule has 0 saturated carbocycles. The highest BCUT2D eigenvalue weighted by Gasteiger charge is 2.24. The number of carboxylic acids is 1. The third kappa shape index (κ3) is 3.97. The lowest BCUT2D eigenvalue weighted by atomic mass is 9.96. The number of esters is 1. The quantitative estimate of drug-likeness (QED) is 0.832. The van der Waals surface area contributed by atoms with Gasteiger partial charge in [0.15, 0.2) is 0 Å². The summed E-state index contributed by atoms with van der Waals surface area (Å²) in [6, 6.07) is 1.58. The molecule has 5 nitrogen and oxygen atoms in total. The number of carbonyl (C=O) groups is 2. The van der Waals surface area contributed by atoms with Gasteiger partial charge in [-0.2, -0.15) is 0 Å². The van der Waals surface area contributed by atoms with Crippen LogP contribution in [0.15, 0.2) is 6.07 Å². The monoisotopic (exact) mass is 293 g/mol. The molecule has 0 aliphatic carbocycles. The predicted molar refractivity (Wildman–Crippen MR) is 82.2 cm³/mol. The number of carboxylic acid groups (broad SMARTS) is 1. The van der Waals surface area contributed by atoms with Crippen LogP contribution in [0.25, 0.3) is 0 Å². The topological polar surface area (TPSA) is 75.6 Å². The summed E-state index contributed by atoms with van der Waals surface area (Å²) in [4.78, 5) is 23.7. The van der Waals surface area contributed by atoms with Gasteiger partial charge in [-0.05, 0) is 58.7 Å². The van der Waals surface area contributed by atoms with Gasteiger partial charge >= 0.3 is 11.9 Å². The van der Waals surface area contributed by atoms with Crippen molar-refractivity contribution in [3.05, 3.63) is 28.3 Å². The summed E-state index contributed by atoms with van der Waals surface area (Å²) in [5, 5.41) is 12.4. The van der Waals surface area contributed by atoms with Crippen LogP contribution >= 0.6 is 0 Å². The van der Waals surface area contributed by atoms with Gasteiger partial charge in [0.25, 0.3) is 0 Å². The first-order valence-electron chi connectivity index (χ1n) is 6.93. The molecule has 2 N–H and O–H groups in total. The van der Waals surface area contributed by atoms with E-state index in [9.17, 15) is 14.7 Å². The Morgan fingerprint density at radius 2 is 1.86 bits per heavy atom. The molecule has 1 rings (SSSR count). The van der Waals surface area contributed by atoms with Gasteiger partial charge in [0.2, 0.25) is 0 Å². The number of hydrogen-bond acceptors (Lipinski definition) is 4. The van der Waals surface area contributed by atoms with Crippen LogP contribution < -0.4 is 5.32 Å². The van der Waals surface area contributed by atoms with Gasteiger partial charge in [-0.3, -0.25) is 0 Å². The lowest BCUT2D eigenvalue weighted by Crippen LogP contribution is -2.25. The molecular formula is C16H23NO4. The van der Waals surface area contributed by atoms with Crippen LogP contribution in [0.1, 0.15) is 59.5 Å². The Morgan fingerprint density at radius 3 is 2.29 bits per heavy atom. The van der Waals surface area contributed by atoms with E-state index in [-0.39, 0.29) is 5.56 Å². The fraction of sp³-hybridized carbons (Fsp3) is 0.500. The van der Waals surface area contributed by atoms with Gasteiger partial charge in [0.05, 0.1) is 16.8 Å². The first-order valence-corrected chi connectivity index (χ1v) is 6.93. The van der Waals surface area contributed by atoms with Crippen LogP contribution in [0, 0.1) is 13.8 Å². The van der Waals surface area contributed by atoms with Gasteiger partial charge in [-0.1, -0.05) is 0 Å². The standard InChI is InChI=1S/C16H23NO4/c1-7-17-13-10(3)11(15(20)21-16(4,5)6)8-9(2)12(13)14(18)19/h8,17H,7H2,1-6H3,(H,18,19). The SMILES string of the molecule is CCNc1c(C)c(C(=O)OC(C)(C)C)cc(C)c1C(=O)O. The molecule has 5 heteroatoms. The second kappa shape index (κ2) is 6.16. The highest BCUT2D eigenvalue weighted by molar-refractivity contribution is 6.01. The molecule has 0 bridgehead atoms. The molecule has 0 spiro atoms. The van der Waals surface area contributed by atoms with Crippen LogP contribution in [0.3, 0.4) is 0 Å². The zero-order valence-corrected chi connectivity index (χ0v) is 13.5. The molecule has 0 aromatic heterocycles. The average Bonchev–Trinajstić information content (AvgIpc) is 2.30. The van der Waals surface area contributed by atoms with Crippen molar-refractivity contribution in [2.24, 2.45) is 0 Å². The Labute approximate surface area is 125 Å². The summed E-state index contributed by atoms with van der Waals surface area (Å²) < 4.78 is 5.38. The van der Waals surface area contributed by atoms with Crippen molar-refractivity contribution >= 4 is 17.6 Å². The maximum Gasteiger partial charge on any atom is 0.339 e. The molecule has 21 heavy (non-hydrogen) atoms. The number of nitrogens with one attached hydrogen (secondary N) is 1. The van der Waals surface area contributed by atoms with E-state index in [2.05, 4.69) is 5.32 Å². The summed E-state index contributed by atoms with van der Waals surface area (Å²) in [5.41, 5.74) is 1.59. The van der Waals surface area contributed by atoms with Crippen molar-refractivity contribution in [3.8, 4) is 0 Å². The van der Waals surface area contributed by atoms with E-state index in [1.54, 1.807) is 40.7 Å². The fourth-order valence-electron chi connectivity index (χ4n) is 2.13. The molecule has 1 aromatic rings. The number of aromatic carboxylic acids is 1. The van der Waals surface area contributed by atoms with E-state index >= 15 is 0 Å². The van der Waals surface area contributed by atoms with E-state index in [1.165, 1.54) is 0 Å². The molecule has 0 fully saturated rings. The highest BCUT2D eigenvalue weighted by atomic mass is 16.6. The third-order valence-corrected chi connectivity index (χ3v) is 2.97. The van der Waals surface area contributed by atoms with Crippen LogP contribution in [-0.2, 0) is 4.74 Å². The smallest absolute Gasteiger partial charge is 0.339 e. The fourth-order valence-corrected chi connectivity index (χ4v) is 2.13. The first-order chi connectivity index (χ1) is 9.58. The van der Waals surface area contributed by atoms with Gasteiger partial charge in [0, 0.05) is 6.54 Å². The van der Waals surface area contributed by atoms with Gasteiger partial charge in [-0.25, -0.2) is 9.59 Å². The zero-order valence-electron chi connectivity index (χ0n) is 13.5. The van der Waals surface area contributed by atoms with Crippen LogP contribution in [0.5, 0.6) is 0 Å². The molecule has 0 heterocycles. The molecular weight excluding hydrogens is 270 g/mol. The number of carbonyl (C=O) groups excluding carboxylic acids is 1. The maximum absolute atomic E-state index is 12.3. The number of benzene rings is 1. The van der Waals surface area contributed by atoms with Crippen LogP contribution in [0.4, 0.5) is 5.69 Å². The Kier molecular flexibility index (Phi) is 4.99. The largest absolute Gasteiger partial charge is 0.478 e. The average molecular weight is 293 g/mol. The number of ether oxygens (including phenoxy) is 1.